The highest BCUT2D eigenvalue weighted by Gasteiger charge is 2.36. The number of piperidine rings is 1. The lowest BCUT2D eigenvalue weighted by Crippen LogP contribution is -2.44. The Labute approximate surface area is 157 Å². The van der Waals surface area contributed by atoms with Gasteiger partial charge in [-0.1, -0.05) is 12.1 Å². The topological polar surface area (TPSA) is 27.3 Å². The molecule has 2 saturated heterocycles. The maximum absolute atomic E-state index is 13.9. The van der Waals surface area contributed by atoms with Crippen molar-refractivity contribution in [2.75, 3.05) is 19.6 Å². The van der Waals surface area contributed by atoms with Crippen molar-refractivity contribution < 1.29 is 13.2 Å². The van der Waals surface area contributed by atoms with Crippen molar-refractivity contribution in [3.8, 4) is 0 Å². The van der Waals surface area contributed by atoms with Gasteiger partial charge in [-0.2, -0.15) is 0 Å². The summed E-state index contributed by atoms with van der Waals surface area (Å²) in [6.45, 7) is 2.90. The van der Waals surface area contributed by atoms with E-state index in [1.165, 1.54) is 18.2 Å². The Kier molecular flexibility index (Phi) is 5.48. The molecule has 0 spiro atoms. The molecule has 0 aromatic heterocycles. The largest absolute Gasteiger partial charge is 0.299 e. The Morgan fingerprint density at radius 3 is 2.52 bits per heavy atom. The van der Waals surface area contributed by atoms with Crippen molar-refractivity contribution in [1.82, 2.24) is 15.8 Å². The van der Waals surface area contributed by atoms with Gasteiger partial charge in [0, 0.05) is 30.6 Å². The molecule has 2 unspecified atom stereocenters. The van der Waals surface area contributed by atoms with E-state index in [4.69, 9.17) is 0 Å². The summed E-state index contributed by atoms with van der Waals surface area (Å²) < 4.78 is 40.9. The molecule has 0 saturated carbocycles. The fraction of sp³-hybridized carbons (Fsp3) is 0.429. The monoisotopic (exact) mass is 375 g/mol. The zero-order chi connectivity index (χ0) is 18.8. The zero-order valence-electron chi connectivity index (χ0n) is 15.1. The van der Waals surface area contributed by atoms with Crippen LogP contribution in [0.4, 0.5) is 13.2 Å². The predicted molar refractivity (Wildman–Crippen MR) is 98.4 cm³/mol. The molecule has 144 valence electrons. The van der Waals surface area contributed by atoms with Gasteiger partial charge < -0.3 is 0 Å². The minimum absolute atomic E-state index is 0.204. The second-order valence-corrected chi connectivity index (χ2v) is 7.56. The third-order valence-electron chi connectivity index (χ3n) is 5.84. The van der Waals surface area contributed by atoms with Crippen LogP contribution >= 0.6 is 0 Å². The molecule has 0 radical (unpaired) electrons. The number of hydrazine groups is 1. The van der Waals surface area contributed by atoms with E-state index in [-0.39, 0.29) is 23.6 Å². The van der Waals surface area contributed by atoms with Crippen molar-refractivity contribution in [3.63, 3.8) is 0 Å². The second-order valence-electron chi connectivity index (χ2n) is 7.56. The summed E-state index contributed by atoms with van der Waals surface area (Å²) in [6, 6.07) is 10.7. The third-order valence-corrected chi connectivity index (χ3v) is 5.84. The van der Waals surface area contributed by atoms with Gasteiger partial charge in [-0.3, -0.25) is 15.8 Å². The van der Waals surface area contributed by atoms with E-state index >= 15 is 0 Å². The summed E-state index contributed by atoms with van der Waals surface area (Å²) in [5, 5.41) is 0. The van der Waals surface area contributed by atoms with Crippen LogP contribution < -0.4 is 10.9 Å². The van der Waals surface area contributed by atoms with Gasteiger partial charge in [0.15, 0.2) is 0 Å². The van der Waals surface area contributed by atoms with E-state index in [0.717, 1.165) is 44.1 Å². The minimum atomic E-state index is -0.402. The zero-order valence-corrected chi connectivity index (χ0v) is 15.1. The van der Waals surface area contributed by atoms with E-state index in [2.05, 4.69) is 15.8 Å². The molecule has 27 heavy (non-hydrogen) atoms. The van der Waals surface area contributed by atoms with E-state index in [0.29, 0.717) is 18.0 Å². The molecule has 2 aliphatic rings. The first-order valence-electron chi connectivity index (χ1n) is 9.50. The number of nitrogens with zero attached hydrogens (tertiary/aromatic N) is 1. The lowest BCUT2D eigenvalue weighted by atomic mass is 9.80. The van der Waals surface area contributed by atoms with Crippen molar-refractivity contribution >= 4 is 0 Å². The molecular weight excluding hydrogens is 351 g/mol. The van der Waals surface area contributed by atoms with E-state index in [1.807, 2.05) is 6.07 Å². The molecule has 6 heteroatoms. The molecule has 2 aromatic rings. The van der Waals surface area contributed by atoms with Gasteiger partial charge >= 0.3 is 0 Å². The first kappa shape index (κ1) is 18.5. The number of nitrogens with one attached hydrogen (secondary N) is 2. The van der Waals surface area contributed by atoms with E-state index < -0.39 is 5.82 Å². The average Bonchev–Trinajstić information content (AvgIpc) is 3.15. The highest BCUT2D eigenvalue weighted by atomic mass is 19.1. The highest BCUT2D eigenvalue weighted by molar-refractivity contribution is 5.24. The number of halogens is 3. The summed E-state index contributed by atoms with van der Waals surface area (Å²) >= 11 is 0. The Morgan fingerprint density at radius 1 is 0.963 bits per heavy atom. The maximum atomic E-state index is 13.9. The normalized spacial score (nSPS) is 24.4. The lowest BCUT2D eigenvalue weighted by molar-refractivity contribution is 0.150. The van der Waals surface area contributed by atoms with Crippen molar-refractivity contribution in [2.24, 2.45) is 5.92 Å². The standard InChI is InChI=1S/C21H24F3N3/c22-17-3-1-2-15(10-17)19-12-25-26-21(19)14-6-8-27(9-7-14)13-16-11-18(23)4-5-20(16)24/h1-5,10-11,14,19,21,25-26H,6-9,12-13H2. The number of hydrogen-bond acceptors (Lipinski definition) is 3. The van der Waals surface area contributed by atoms with Gasteiger partial charge in [0.1, 0.15) is 17.5 Å². The van der Waals surface area contributed by atoms with E-state index in [9.17, 15) is 13.2 Å². The van der Waals surface area contributed by atoms with Crippen LogP contribution in [0.25, 0.3) is 0 Å². The number of hydrogen-bond donors (Lipinski definition) is 2. The molecule has 2 aliphatic heterocycles. The van der Waals surface area contributed by atoms with Crippen LogP contribution in [0.3, 0.4) is 0 Å². The number of benzene rings is 2. The summed E-state index contributed by atoms with van der Waals surface area (Å²) in [6.07, 6.45) is 1.95. The molecule has 2 fully saturated rings. The molecule has 2 atom stereocenters. The van der Waals surface area contributed by atoms with E-state index in [1.54, 1.807) is 12.1 Å². The Bertz CT molecular complexity index is 790. The summed E-state index contributed by atoms with van der Waals surface area (Å²) in [7, 11) is 0. The van der Waals surface area contributed by atoms with Crippen molar-refractivity contribution in [2.45, 2.75) is 31.3 Å². The van der Waals surface area contributed by atoms with Crippen LogP contribution in [0.5, 0.6) is 0 Å². The summed E-state index contributed by atoms with van der Waals surface area (Å²) in [5.41, 5.74) is 8.02. The van der Waals surface area contributed by atoms with Gasteiger partial charge in [-0.15, -0.1) is 0 Å². The molecule has 0 aliphatic carbocycles. The van der Waals surface area contributed by atoms with Crippen molar-refractivity contribution in [1.29, 1.82) is 0 Å². The smallest absolute Gasteiger partial charge is 0.127 e. The second kappa shape index (κ2) is 8.00. The number of likely N-dealkylation sites (tertiary alicyclic amines) is 1. The molecule has 2 aromatic carbocycles. The van der Waals surface area contributed by atoms with Gasteiger partial charge in [0.05, 0.1) is 0 Å². The van der Waals surface area contributed by atoms with Crippen molar-refractivity contribution in [3.05, 3.63) is 71.0 Å². The number of rotatable bonds is 4. The van der Waals surface area contributed by atoms with Crippen LogP contribution in [0.2, 0.25) is 0 Å². The maximum Gasteiger partial charge on any atom is 0.127 e. The van der Waals surface area contributed by atoms with Crippen LogP contribution in [0.15, 0.2) is 42.5 Å². The predicted octanol–water partition coefficient (Wildman–Crippen LogP) is 3.58. The Balaban J connectivity index is 1.38. The molecule has 2 N–H and O–H groups in total. The molecule has 0 amide bonds. The SMILES string of the molecule is Fc1cccc(C2CNNC2C2CCN(Cc3cc(F)ccc3F)CC2)c1. The van der Waals surface area contributed by atoms with Crippen LogP contribution in [0, 0.1) is 23.4 Å². The highest BCUT2D eigenvalue weighted by Crippen LogP contribution is 2.33. The average molecular weight is 375 g/mol. The quantitative estimate of drug-likeness (QED) is 0.856. The van der Waals surface area contributed by atoms with Crippen LogP contribution in [-0.2, 0) is 6.54 Å². The van der Waals surface area contributed by atoms with Gasteiger partial charge in [-0.25, -0.2) is 13.2 Å². The minimum Gasteiger partial charge on any atom is -0.299 e. The van der Waals surface area contributed by atoms with Gasteiger partial charge in [0.2, 0.25) is 0 Å². The molecule has 4 rings (SSSR count). The summed E-state index contributed by atoms with van der Waals surface area (Å²) in [4.78, 5) is 2.17. The van der Waals surface area contributed by atoms with Gasteiger partial charge in [-0.05, 0) is 67.7 Å². The molecule has 2 heterocycles. The first-order valence-corrected chi connectivity index (χ1v) is 9.50. The molecule has 3 nitrogen and oxygen atoms in total. The van der Waals surface area contributed by atoms with Crippen LogP contribution in [0.1, 0.15) is 29.9 Å². The lowest BCUT2D eigenvalue weighted by Gasteiger charge is -2.36. The van der Waals surface area contributed by atoms with Gasteiger partial charge in [0.25, 0.3) is 0 Å². The fourth-order valence-electron chi connectivity index (χ4n) is 4.40. The Morgan fingerprint density at radius 2 is 1.74 bits per heavy atom. The molecule has 0 bridgehead atoms. The fourth-order valence-corrected chi connectivity index (χ4v) is 4.40. The third kappa shape index (κ3) is 4.18. The van der Waals surface area contributed by atoms with Crippen LogP contribution in [-0.4, -0.2) is 30.6 Å². The summed E-state index contributed by atoms with van der Waals surface area (Å²) in [5.74, 6) is -0.267. The first-order chi connectivity index (χ1) is 13.1. The molecular formula is C21H24F3N3. The Hall–Kier alpha value is -1.89.